The summed E-state index contributed by atoms with van der Waals surface area (Å²) in [7, 11) is 0. The van der Waals surface area contributed by atoms with E-state index in [0.717, 1.165) is 25.8 Å². The van der Waals surface area contributed by atoms with E-state index in [9.17, 15) is 9.59 Å². The lowest BCUT2D eigenvalue weighted by Crippen LogP contribution is -2.42. The van der Waals surface area contributed by atoms with Crippen molar-refractivity contribution in [2.75, 3.05) is 26.3 Å². The topological polar surface area (TPSA) is 101 Å². The Hall–Kier alpha value is -2.61. The molecule has 1 amide bonds. The number of rotatable bonds is 3. The number of ether oxygens (including phenoxy) is 1. The van der Waals surface area contributed by atoms with Gasteiger partial charge in [0.15, 0.2) is 5.82 Å². The summed E-state index contributed by atoms with van der Waals surface area (Å²) in [5.41, 5.74) is 1.01. The maximum Gasteiger partial charge on any atom is 0.251 e. The van der Waals surface area contributed by atoms with Gasteiger partial charge < -0.3 is 14.6 Å². The van der Waals surface area contributed by atoms with Crippen LogP contribution in [0.5, 0.6) is 0 Å². The fourth-order valence-electron chi connectivity index (χ4n) is 3.63. The highest BCUT2D eigenvalue weighted by Crippen LogP contribution is 2.28. The molecule has 0 radical (unpaired) electrons. The third-order valence-corrected chi connectivity index (χ3v) is 5.00. The molecule has 2 aromatic heterocycles. The minimum atomic E-state index is -0.219. The number of carbonyl (C=O) groups excluding carboxylic acids is 1. The molecule has 0 spiro atoms. The van der Waals surface area contributed by atoms with Crippen LogP contribution in [0.3, 0.4) is 0 Å². The molecule has 0 bridgehead atoms. The first kappa shape index (κ1) is 16.8. The summed E-state index contributed by atoms with van der Waals surface area (Å²) in [4.78, 5) is 42.2. The fraction of sp³-hybridized carbons (Fsp3) is 0.500. The maximum absolute atomic E-state index is 12.7. The van der Waals surface area contributed by atoms with Crippen LogP contribution >= 0.6 is 0 Å². The summed E-state index contributed by atoms with van der Waals surface area (Å²) in [6.07, 6.45) is 7.30. The van der Waals surface area contributed by atoms with Gasteiger partial charge in [0.05, 0.1) is 24.4 Å². The molecule has 0 unspecified atom stereocenters. The van der Waals surface area contributed by atoms with Crippen LogP contribution in [0.2, 0.25) is 0 Å². The van der Waals surface area contributed by atoms with E-state index < -0.39 is 0 Å². The number of hydrogen-bond donors (Lipinski definition) is 1. The zero-order valence-corrected chi connectivity index (χ0v) is 14.4. The molecule has 2 atom stereocenters. The summed E-state index contributed by atoms with van der Waals surface area (Å²) < 4.78 is 5.34. The van der Waals surface area contributed by atoms with Gasteiger partial charge in [-0.25, -0.2) is 9.97 Å². The number of carbonyl (C=O) groups is 1. The first-order chi connectivity index (χ1) is 12.7. The summed E-state index contributed by atoms with van der Waals surface area (Å²) >= 11 is 0. The zero-order chi connectivity index (χ0) is 17.9. The highest BCUT2D eigenvalue weighted by atomic mass is 16.5. The number of piperidine rings is 1. The highest BCUT2D eigenvalue weighted by Gasteiger charge is 2.32. The van der Waals surface area contributed by atoms with E-state index in [4.69, 9.17) is 4.74 Å². The van der Waals surface area contributed by atoms with Gasteiger partial charge in [-0.15, -0.1) is 0 Å². The van der Waals surface area contributed by atoms with Crippen LogP contribution in [0.15, 0.2) is 29.5 Å². The number of aromatic amines is 1. The normalized spacial score (nSPS) is 23.2. The standard InChI is InChI=1S/C18H21N5O3/c24-16-8-14(21-17(22-16)15-9-19-4-5-20-15)12-2-1-6-23(10-12)18(25)13-3-7-26-11-13/h4-5,8-9,12-13H,1-3,6-7,10-11H2,(H,21,22,24)/t12-,13+/m1/s1. The Balaban J connectivity index is 1.56. The monoisotopic (exact) mass is 355 g/mol. The van der Waals surface area contributed by atoms with E-state index in [1.165, 1.54) is 6.07 Å². The van der Waals surface area contributed by atoms with Gasteiger partial charge in [-0.05, 0) is 19.3 Å². The van der Waals surface area contributed by atoms with Gasteiger partial charge in [0.2, 0.25) is 5.91 Å². The van der Waals surface area contributed by atoms with Crippen molar-refractivity contribution in [2.24, 2.45) is 5.92 Å². The number of nitrogens with one attached hydrogen (secondary N) is 1. The molecule has 0 saturated carbocycles. The summed E-state index contributed by atoms with van der Waals surface area (Å²) in [6, 6.07) is 1.52. The van der Waals surface area contributed by atoms with Crippen LogP contribution in [0.25, 0.3) is 11.5 Å². The molecule has 8 nitrogen and oxygen atoms in total. The van der Waals surface area contributed by atoms with Crippen molar-refractivity contribution >= 4 is 5.91 Å². The maximum atomic E-state index is 12.7. The van der Waals surface area contributed by atoms with Crippen LogP contribution < -0.4 is 5.56 Å². The molecule has 2 aliphatic rings. The molecule has 2 fully saturated rings. The molecule has 2 saturated heterocycles. The zero-order valence-electron chi connectivity index (χ0n) is 14.4. The third-order valence-electron chi connectivity index (χ3n) is 5.00. The highest BCUT2D eigenvalue weighted by molar-refractivity contribution is 5.79. The number of likely N-dealkylation sites (tertiary alicyclic amines) is 1. The number of H-pyrrole nitrogens is 1. The molecule has 4 rings (SSSR count). The van der Waals surface area contributed by atoms with Gasteiger partial charge in [-0.1, -0.05) is 0 Å². The number of amides is 1. The summed E-state index contributed by atoms with van der Waals surface area (Å²) in [5, 5.41) is 0. The second kappa shape index (κ2) is 7.33. The number of nitrogens with zero attached hydrogens (tertiary/aromatic N) is 4. The Bertz CT molecular complexity index is 832. The SMILES string of the molecule is O=C([C@H]1CCOC1)N1CCC[C@@H](c2cc(=O)[nH]c(-c3cnccn3)n2)C1. The Kier molecular flexibility index (Phi) is 4.75. The van der Waals surface area contributed by atoms with E-state index in [0.29, 0.717) is 37.0 Å². The van der Waals surface area contributed by atoms with E-state index in [2.05, 4.69) is 19.9 Å². The quantitative estimate of drug-likeness (QED) is 0.880. The van der Waals surface area contributed by atoms with E-state index in [1.54, 1.807) is 18.6 Å². The van der Waals surface area contributed by atoms with Gasteiger partial charge in [-0.3, -0.25) is 14.6 Å². The van der Waals surface area contributed by atoms with Gasteiger partial charge in [0, 0.05) is 44.1 Å². The average molecular weight is 355 g/mol. The van der Waals surface area contributed by atoms with Gasteiger partial charge in [0.25, 0.3) is 5.56 Å². The van der Waals surface area contributed by atoms with E-state index in [-0.39, 0.29) is 23.3 Å². The predicted molar refractivity (Wildman–Crippen MR) is 93.4 cm³/mol. The van der Waals surface area contributed by atoms with Crippen LogP contribution in [-0.2, 0) is 9.53 Å². The second-order valence-corrected chi connectivity index (χ2v) is 6.79. The van der Waals surface area contributed by atoms with Crippen LogP contribution in [0, 0.1) is 5.92 Å². The first-order valence-electron chi connectivity index (χ1n) is 8.95. The molecule has 1 N–H and O–H groups in total. The Morgan fingerprint density at radius 3 is 3.00 bits per heavy atom. The van der Waals surface area contributed by atoms with Crippen molar-refractivity contribution in [3.8, 4) is 11.5 Å². The van der Waals surface area contributed by atoms with Crippen molar-refractivity contribution in [3.63, 3.8) is 0 Å². The minimum Gasteiger partial charge on any atom is -0.381 e. The number of aromatic nitrogens is 4. The van der Waals surface area contributed by atoms with Crippen molar-refractivity contribution in [1.29, 1.82) is 0 Å². The lowest BCUT2D eigenvalue weighted by atomic mass is 9.93. The van der Waals surface area contributed by atoms with Crippen molar-refractivity contribution in [3.05, 3.63) is 40.7 Å². The van der Waals surface area contributed by atoms with Crippen LogP contribution in [-0.4, -0.2) is 57.0 Å². The lowest BCUT2D eigenvalue weighted by Gasteiger charge is -2.33. The smallest absolute Gasteiger partial charge is 0.251 e. The minimum absolute atomic E-state index is 0.0314. The Morgan fingerprint density at radius 1 is 1.31 bits per heavy atom. The molecule has 2 aliphatic heterocycles. The largest absolute Gasteiger partial charge is 0.381 e. The fourth-order valence-corrected chi connectivity index (χ4v) is 3.63. The summed E-state index contributed by atoms with van der Waals surface area (Å²) in [5.74, 6) is 0.586. The molecule has 0 aromatic carbocycles. The van der Waals surface area contributed by atoms with Gasteiger partial charge in [-0.2, -0.15) is 0 Å². The van der Waals surface area contributed by atoms with Crippen molar-refractivity contribution in [2.45, 2.75) is 25.2 Å². The van der Waals surface area contributed by atoms with Crippen LogP contribution in [0.1, 0.15) is 30.9 Å². The molecule has 4 heterocycles. The molecule has 0 aliphatic carbocycles. The average Bonchev–Trinajstić information content (AvgIpc) is 3.22. The lowest BCUT2D eigenvalue weighted by molar-refractivity contribution is -0.136. The summed E-state index contributed by atoms with van der Waals surface area (Å²) in [6.45, 7) is 2.52. The molecule has 2 aromatic rings. The predicted octanol–water partition coefficient (Wildman–Crippen LogP) is 0.969. The van der Waals surface area contributed by atoms with Crippen molar-refractivity contribution < 1.29 is 9.53 Å². The first-order valence-corrected chi connectivity index (χ1v) is 8.95. The molecule has 8 heteroatoms. The van der Waals surface area contributed by atoms with E-state index >= 15 is 0 Å². The molecule has 136 valence electrons. The Morgan fingerprint density at radius 2 is 2.23 bits per heavy atom. The van der Waals surface area contributed by atoms with Gasteiger partial charge >= 0.3 is 0 Å². The van der Waals surface area contributed by atoms with Crippen LogP contribution in [0.4, 0.5) is 0 Å². The van der Waals surface area contributed by atoms with Gasteiger partial charge in [0.1, 0.15) is 5.69 Å². The second-order valence-electron chi connectivity index (χ2n) is 6.79. The molecular formula is C18H21N5O3. The third kappa shape index (κ3) is 3.50. The Labute approximate surface area is 150 Å². The van der Waals surface area contributed by atoms with E-state index in [1.807, 2.05) is 4.90 Å². The van der Waals surface area contributed by atoms with Crippen molar-refractivity contribution in [1.82, 2.24) is 24.8 Å². The number of hydrogen-bond acceptors (Lipinski definition) is 6. The molecular weight excluding hydrogens is 334 g/mol. The molecule has 26 heavy (non-hydrogen) atoms.